The Bertz CT molecular complexity index is 663. The summed E-state index contributed by atoms with van der Waals surface area (Å²) in [5.41, 5.74) is 1.82. The maximum absolute atomic E-state index is 5.40. The molecule has 0 unspecified atom stereocenters. The monoisotopic (exact) mass is 510 g/mol. The molecule has 0 bridgehead atoms. The second kappa shape index (κ2) is 25.6. The molecule has 0 heterocycles. The molecule has 0 amide bonds. The van der Waals surface area contributed by atoms with Crippen molar-refractivity contribution in [2.24, 2.45) is 0 Å². The molecular weight excluding hydrogens is 465 g/mol. The van der Waals surface area contributed by atoms with Crippen LogP contribution in [0.3, 0.4) is 0 Å². The van der Waals surface area contributed by atoms with Crippen molar-refractivity contribution in [1.82, 2.24) is 0 Å². The van der Waals surface area contributed by atoms with Crippen LogP contribution in [0.2, 0.25) is 0 Å². The third-order valence-corrected chi connectivity index (χ3v) is 4.76. The zero-order valence-corrected chi connectivity index (χ0v) is 24.8. The van der Waals surface area contributed by atoms with E-state index in [1.807, 2.05) is 62.4 Å². The van der Waals surface area contributed by atoms with Gasteiger partial charge in [-0.1, -0.05) is 52.4 Å². The Kier molecular flexibility index (Phi) is 26.1. The minimum Gasteiger partial charge on any atom is -0.494 e. The largest absolute Gasteiger partial charge is 2.00 e. The van der Waals surface area contributed by atoms with Crippen LogP contribution in [0.4, 0.5) is 11.4 Å². The average Bonchev–Trinajstić information content (AvgIpc) is 2.85. The summed E-state index contributed by atoms with van der Waals surface area (Å²) in [6, 6.07) is 15.3. The third-order valence-electron chi connectivity index (χ3n) is 4.55. The SMILES string of the molecule is CCOc1ccc(NC(=S)Nc2ccc(OCC)cc2)cc1.[CH2-]CCC.[CH2-]CCCCCCC.[Mg+2]. The first kappa shape index (κ1) is 35.7. The Morgan fingerprint density at radius 2 is 1.06 bits per heavy atom. The van der Waals surface area contributed by atoms with Gasteiger partial charge in [0, 0.05) is 11.4 Å². The fourth-order valence-corrected chi connectivity index (χ4v) is 2.91. The number of hydrogen-bond donors (Lipinski definition) is 2. The summed E-state index contributed by atoms with van der Waals surface area (Å²) in [4.78, 5) is 0. The molecule has 2 aromatic rings. The minimum atomic E-state index is 0. The van der Waals surface area contributed by atoms with Crippen molar-refractivity contribution in [3.8, 4) is 11.5 Å². The van der Waals surface area contributed by atoms with E-state index in [9.17, 15) is 0 Å². The van der Waals surface area contributed by atoms with Crippen LogP contribution in [-0.4, -0.2) is 41.4 Å². The summed E-state index contributed by atoms with van der Waals surface area (Å²) in [7, 11) is 0. The summed E-state index contributed by atoms with van der Waals surface area (Å²) < 4.78 is 10.8. The predicted octanol–water partition coefficient (Wildman–Crippen LogP) is 8.71. The molecule has 0 aromatic heterocycles. The summed E-state index contributed by atoms with van der Waals surface area (Å²) in [5.74, 6) is 1.69. The fourth-order valence-electron chi connectivity index (χ4n) is 2.68. The summed E-state index contributed by atoms with van der Waals surface area (Å²) in [6.45, 7) is 17.0. The molecule has 35 heavy (non-hydrogen) atoms. The van der Waals surface area contributed by atoms with Gasteiger partial charge in [0.2, 0.25) is 0 Å². The van der Waals surface area contributed by atoms with Gasteiger partial charge in [0.15, 0.2) is 5.11 Å². The Hall–Kier alpha value is -1.50. The normalized spacial score (nSPS) is 9.31. The summed E-state index contributed by atoms with van der Waals surface area (Å²) >= 11 is 5.30. The summed E-state index contributed by atoms with van der Waals surface area (Å²) in [6.07, 6.45) is 10.3. The van der Waals surface area contributed by atoms with Crippen LogP contribution in [0, 0.1) is 13.8 Å². The maximum Gasteiger partial charge on any atom is 2.00 e. The smallest absolute Gasteiger partial charge is 0.494 e. The van der Waals surface area contributed by atoms with Crippen LogP contribution in [-0.2, 0) is 0 Å². The van der Waals surface area contributed by atoms with E-state index in [1.165, 1.54) is 38.5 Å². The molecule has 0 fully saturated rings. The van der Waals surface area contributed by atoms with E-state index in [-0.39, 0.29) is 23.1 Å². The first-order valence-electron chi connectivity index (χ1n) is 12.7. The number of hydrogen-bond acceptors (Lipinski definition) is 3. The average molecular weight is 511 g/mol. The maximum atomic E-state index is 5.40. The first-order valence-corrected chi connectivity index (χ1v) is 13.1. The zero-order valence-electron chi connectivity index (χ0n) is 22.5. The van der Waals surface area contributed by atoms with Crippen LogP contribution < -0.4 is 20.1 Å². The molecule has 0 aliphatic heterocycles. The number of anilines is 2. The van der Waals surface area contributed by atoms with Gasteiger partial charge in [0.1, 0.15) is 11.5 Å². The fraction of sp³-hybridized carbons (Fsp3) is 0.483. The molecule has 0 radical (unpaired) electrons. The first-order chi connectivity index (χ1) is 16.5. The van der Waals surface area contributed by atoms with E-state index in [0.29, 0.717) is 18.3 Å². The van der Waals surface area contributed by atoms with Crippen molar-refractivity contribution in [1.29, 1.82) is 0 Å². The molecule has 2 aromatic carbocycles. The number of benzene rings is 2. The molecule has 6 heteroatoms. The van der Waals surface area contributed by atoms with Crippen molar-refractivity contribution >= 4 is 51.8 Å². The van der Waals surface area contributed by atoms with Gasteiger partial charge in [-0.3, -0.25) is 0 Å². The third kappa shape index (κ3) is 20.4. The topological polar surface area (TPSA) is 42.5 Å². The number of ether oxygens (including phenoxy) is 2. The van der Waals surface area contributed by atoms with Crippen LogP contribution in [0.15, 0.2) is 48.5 Å². The standard InChI is InChI=1S/C17H20N2O2S.C8H17.C4H9.Mg/c1-3-20-15-9-5-13(6-10-15)18-17(22)19-14-7-11-16(12-8-14)21-4-2;1-3-5-7-8-6-4-2;1-3-4-2;/h5-12H,3-4H2,1-2H3,(H2,18,19,22);1,3-8H2,2H3;1,3-4H2,2H3;/q;2*-1;+2. The van der Waals surface area contributed by atoms with Gasteiger partial charge in [-0.05, 0) is 74.6 Å². The second-order valence-electron chi connectivity index (χ2n) is 7.62. The summed E-state index contributed by atoms with van der Waals surface area (Å²) in [5, 5.41) is 6.80. The zero-order chi connectivity index (χ0) is 25.4. The number of nitrogens with one attached hydrogen (secondary N) is 2. The van der Waals surface area contributed by atoms with Crippen LogP contribution in [0.1, 0.15) is 79.1 Å². The van der Waals surface area contributed by atoms with Gasteiger partial charge < -0.3 is 34.0 Å². The minimum absolute atomic E-state index is 0. The molecule has 4 nitrogen and oxygen atoms in total. The van der Waals surface area contributed by atoms with E-state index in [0.717, 1.165) is 35.7 Å². The molecule has 0 saturated heterocycles. The molecule has 0 spiro atoms. The number of thiocarbonyl (C=S) groups is 1. The molecule has 0 atom stereocenters. The van der Waals surface area contributed by atoms with Crippen molar-refractivity contribution in [3.05, 3.63) is 62.4 Å². The molecule has 0 aliphatic carbocycles. The molecule has 192 valence electrons. The van der Waals surface area contributed by atoms with Crippen LogP contribution >= 0.6 is 12.2 Å². The second-order valence-corrected chi connectivity index (χ2v) is 8.02. The molecule has 0 aliphatic rings. The Labute approximate surface area is 237 Å². The van der Waals surface area contributed by atoms with E-state index in [1.54, 1.807) is 0 Å². The van der Waals surface area contributed by atoms with E-state index in [4.69, 9.17) is 21.7 Å². The van der Waals surface area contributed by atoms with Gasteiger partial charge in [-0.15, -0.1) is 0 Å². The van der Waals surface area contributed by atoms with Gasteiger partial charge in [0.25, 0.3) is 0 Å². The Morgan fingerprint density at radius 3 is 1.37 bits per heavy atom. The van der Waals surface area contributed by atoms with Gasteiger partial charge in [-0.25, -0.2) is 0 Å². The Morgan fingerprint density at radius 1 is 0.657 bits per heavy atom. The van der Waals surface area contributed by atoms with Crippen molar-refractivity contribution < 1.29 is 9.47 Å². The van der Waals surface area contributed by atoms with Gasteiger partial charge in [0.05, 0.1) is 13.2 Å². The van der Waals surface area contributed by atoms with Crippen molar-refractivity contribution in [2.75, 3.05) is 23.8 Å². The molecular formula is C29H46MgN2O2S. The number of unbranched alkanes of at least 4 members (excludes halogenated alkanes) is 6. The van der Waals surface area contributed by atoms with E-state index in [2.05, 4.69) is 38.3 Å². The molecule has 2 N–H and O–H groups in total. The van der Waals surface area contributed by atoms with Gasteiger partial charge >= 0.3 is 23.1 Å². The quantitative estimate of drug-likeness (QED) is 0.129. The van der Waals surface area contributed by atoms with Crippen LogP contribution in [0.5, 0.6) is 11.5 Å². The van der Waals surface area contributed by atoms with E-state index >= 15 is 0 Å². The van der Waals surface area contributed by atoms with Crippen molar-refractivity contribution in [3.63, 3.8) is 0 Å². The Balaban J connectivity index is 0. The van der Waals surface area contributed by atoms with Gasteiger partial charge in [-0.2, -0.15) is 12.8 Å². The molecule has 2 rings (SSSR count). The molecule has 0 saturated carbocycles. The van der Waals surface area contributed by atoms with Crippen molar-refractivity contribution in [2.45, 2.75) is 79.1 Å². The number of rotatable bonds is 12. The van der Waals surface area contributed by atoms with E-state index < -0.39 is 0 Å². The van der Waals surface area contributed by atoms with Crippen LogP contribution in [0.25, 0.3) is 0 Å². The predicted molar refractivity (Wildman–Crippen MR) is 160 cm³/mol.